The van der Waals surface area contributed by atoms with Gasteiger partial charge >= 0.3 is 0 Å². The highest BCUT2D eigenvalue weighted by molar-refractivity contribution is 6.35. The van der Waals surface area contributed by atoms with Gasteiger partial charge in [-0.15, -0.1) is 0 Å². The van der Waals surface area contributed by atoms with Gasteiger partial charge in [-0.2, -0.15) is 0 Å². The Morgan fingerprint density at radius 2 is 1.71 bits per heavy atom. The van der Waals surface area contributed by atoms with Gasteiger partial charge in [-0.25, -0.2) is 0 Å². The molecule has 1 N–H and O–H groups in total. The Hall–Kier alpha value is -1.05. The molecule has 0 aliphatic heterocycles. The van der Waals surface area contributed by atoms with Crippen molar-refractivity contribution in [2.45, 2.75) is 6.42 Å². The molecule has 0 aromatic heterocycles. The van der Waals surface area contributed by atoms with E-state index in [1.807, 2.05) is 36.4 Å². The van der Waals surface area contributed by atoms with E-state index in [9.17, 15) is 0 Å². The first kappa shape index (κ1) is 9.50. The van der Waals surface area contributed by atoms with Crippen LogP contribution < -0.4 is 0 Å². The monoisotopic (exact) mass is 206 g/mol. The van der Waals surface area contributed by atoms with Crippen LogP contribution in [-0.4, -0.2) is 11.7 Å². The fourth-order valence-electron chi connectivity index (χ4n) is 1.68. The maximum atomic E-state index is 8.92. The first-order valence-electron chi connectivity index (χ1n) is 4.60. The van der Waals surface area contributed by atoms with Gasteiger partial charge < -0.3 is 5.11 Å². The van der Waals surface area contributed by atoms with Crippen LogP contribution in [0.3, 0.4) is 0 Å². The molecule has 0 spiro atoms. The molecule has 0 heterocycles. The summed E-state index contributed by atoms with van der Waals surface area (Å²) in [5.74, 6) is 0. The molecule has 0 amide bonds. The zero-order valence-electron chi connectivity index (χ0n) is 7.70. The van der Waals surface area contributed by atoms with Gasteiger partial charge in [0.2, 0.25) is 0 Å². The normalized spacial score (nSPS) is 10.7. The molecule has 0 saturated heterocycles. The van der Waals surface area contributed by atoms with E-state index in [4.69, 9.17) is 16.7 Å². The van der Waals surface area contributed by atoms with Crippen molar-refractivity contribution >= 4 is 22.4 Å². The van der Waals surface area contributed by atoms with E-state index < -0.39 is 0 Å². The Balaban J connectivity index is 2.68. The third kappa shape index (κ3) is 1.61. The molecule has 2 heteroatoms. The van der Waals surface area contributed by atoms with Gasteiger partial charge in [0.25, 0.3) is 0 Å². The van der Waals surface area contributed by atoms with Crippen LogP contribution in [0.15, 0.2) is 36.4 Å². The van der Waals surface area contributed by atoms with Crippen molar-refractivity contribution in [1.82, 2.24) is 0 Å². The van der Waals surface area contributed by atoms with Crippen LogP contribution in [0, 0.1) is 0 Å². The fourth-order valence-corrected chi connectivity index (χ4v) is 1.91. The summed E-state index contributed by atoms with van der Waals surface area (Å²) in [4.78, 5) is 0. The topological polar surface area (TPSA) is 20.2 Å². The number of rotatable bonds is 2. The largest absolute Gasteiger partial charge is 0.396 e. The quantitative estimate of drug-likeness (QED) is 0.801. The Morgan fingerprint density at radius 1 is 1.00 bits per heavy atom. The Morgan fingerprint density at radius 3 is 2.50 bits per heavy atom. The molecule has 2 aromatic rings. The minimum absolute atomic E-state index is 0.172. The minimum Gasteiger partial charge on any atom is -0.396 e. The standard InChI is InChI=1S/C12H11ClO/c13-12-6-2-4-10-9(7-8-14)3-1-5-11(10)12/h1-6,14H,7-8H2. The van der Waals surface area contributed by atoms with Gasteiger partial charge in [0, 0.05) is 17.0 Å². The Labute approximate surface area is 87.9 Å². The first-order chi connectivity index (χ1) is 6.83. The van der Waals surface area contributed by atoms with Crippen LogP contribution in [0.1, 0.15) is 5.56 Å². The first-order valence-corrected chi connectivity index (χ1v) is 4.97. The highest BCUT2D eigenvalue weighted by Crippen LogP contribution is 2.25. The lowest BCUT2D eigenvalue weighted by Crippen LogP contribution is -1.91. The average Bonchev–Trinajstić information content (AvgIpc) is 2.20. The highest BCUT2D eigenvalue weighted by Gasteiger charge is 2.02. The summed E-state index contributed by atoms with van der Waals surface area (Å²) in [5, 5.41) is 11.9. The smallest absolute Gasteiger partial charge is 0.0484 e. The molecule has 0 bridgehead atoms. The summed E-state index contributed by atoms with van der Waals surface area (Å²) in [6.07, 6.45) is 0.678. The third-order valence-electron chi connectivity index (χ3n) is 2.34. The molecular formula is C12H11ClO. The van der Waals surface area contributed by atoms with Gasteiger partial charge in [0.15, 0.2) is 0 Å². The van der Waals surface area contributed by atoms with Crippen LogP contribution in [0.25, 0.3) is 10.8 Å². The molecule has 0 aliphatic rings. The Bertz CT molecular complexity index is 451. The number of fused-ring (bicyclic) bond motifs is 1. The molecule has 0 radical (unpaired) electrons. The zero-order valence-corrected chi connectivity index (χ0v) is 8.46. The molecule has 0 aliphatic carbocycles. The van der Waals surface area contributed by atoms with E-state index in [0.29, 0.717) is 6.42 Å². The molecule has 14 heavy (non-hydrogen) atoms. The van der Waals surface area contributed by atoms with Crippen LogP contribution in [0.5, 0.6) is 0 Å². The number of hydrogen-bond donors (Lipinski definition) is 1. The van der Waals surface area contributed by atoms with Gasteiger partial charge in [0.1, 0.15) is 0 Å². The molecule has 0 atom stereocenters. The van der Waals surface area contributed by atoms with Crippen molar-refractivity contribution < 1.29 is 5.11 Å². The summed E-state index contributed by atoms with van der Waals surface area (Å²) >= 11 is 6.07. The summed E-state index contributed by atoms with van der Waals surface area (Å²) < 4.78 is 0. The summed E-state index contributed by atoms with van der Waals surface area (Å²) in [5.41, 5.74) is 1.15. The van der Waals surface area contributed by atoms with E-state index in [-0.39, 0.29) is 6.61 Å². The molecule has 72 valence electrons. The maximum Gasteiger partial charge on any atom is 0.0484 e. The number of benzene rings is 2. The van der Waals surface area contributed by atoms with Gasteiger partial charge in [-0.3, -0.25) is 0 Å². The lowest BCUT2D eigenvalue weighted by molar-refractivity contribution is 0.300. The zero-order chi connectivity index (χ0) is 9.97. The summed E-state index contributed by atoms with van der Waals surface area (Å²) in [6.45, 7) is 0.172. The number of halogens is 1. The van der Waals surface area contributed by atoms with E-state index in [1.54, 1.807) is 0 Å². The number of aliphatic hydroxyl groups is 1. The summed E-state index contributed by atoms with van der Waals surface area (Å²) in [6, 6.07) is 11.8. The number of hydrogen-bond acceptors (Lipinski definition) is 1. The lowest BCUT2D eigenvalue weighted by Gasteiger charge is -2.05. The van der Waals surface area contributed by atoms with Crippen molar-refractivity contribution in [3.63, 3.8) is 0 Å². The van der Waals surface area contributed by atoms with Crippen molar-refractivity contribution in [1.29, 1.82) is 0 Å². The molecule has 2 rings (SSSR count). The predicted octanol–water partition coefficient (Wildman–Crippen LogP) is 3.03. The maximum absolute atomic E-state index is 8.92. The van der Waals surface area contributed by atoms with E-state index in [0.717, 1.165) is 21.4 Å². The fraction of sp³-hybridized carbons (Fsp3) is 0.167. The van der Waals surface area contributed by atoms with Crippen LogP contribution >= 0.6 is 11.6 Å². The molecule has 0 saturated carbocycles. The van der Waals surface area contributed by atoms with Crippen molar-refractivity contribution in [3.05, 3.63) is 47.0 Å². The van der Waals surface area contributed by atoms with E-state index in [2.05, 4.69) is 0 Å². The van der Waals surface area contributed by atoms with Gasteiger partial charge in [0.05, 0.1) is 0 Å². The van der Waals surface area contributed by atoms with E-state index in [1.165, 1.54) is 0 Å². The van der Waals surface area contributed by atoms with Crippen molar-refractivity contribution in [3.8, 4) is 0 Å². The van der Waals surface area contributed by atoms with Crippen LogP contribution in [0.4, 0.5) is 0 Å². The SMILES string of the molecule is OCCc1cccc2c(Cl)cccc12. The van der Waals surface area contributed by atoms with Crippen LogP contribution in [-0.2, 0) is 6.42 Å². The molecule has 1 nitrogen and oxygen atoms in total. The second kappa shape index (κ2) is 3.99. The van der Waals surface area contributed by atoms with Gasteiger partial charge in [-0.05, 0) is 23.4 Å². The second-order valence-corrected chi connectivity index (χ2v) is 3.63. The average molecular weight is 207 g/mol. The predicted molar refractivity (Wildman–Crippen MR) is 59.7 cm³/mol. The molecule has 2 aromatic carbocycles. The van der Waals surface area contributed by atoms with E-state index >= 15 is 0 Å². The highest BCUT2D eigenvalue weighted by atomic mass is 35.5. The molecular weight excluding hydrogens is 196 g/mol. The van der Waals surface area contributed by atoms with Crippen LogP contribution in [0.2, 0.25) is 5.02 Å². The third-order valence-corrected chi connectivity index (χ3v) is 2.67. The van der Waals surface area contributed by atoms with Gasteiger partial charge in [-0.1, -0.05) is 41.9 Å². The minimum atomic E-state index is 0.172. The summed E-state index contributed by atoms with van der Waals surface area (Å²) in [7, 11) is 0. The lowest BCUT2D eigenvalue weighted by atomic mass is 10.0. The molecule has 0 unspecified atom stereocenters. The number of aliphatic hydroxyl groups excluding tert-OH is 1. The Kier molecular flexibility index (Phi) is 2.71. The second-order valence-electron chi connectivity index (χ2n) is 3.23. The molecule has 0 fully saturated rings. The van der Waals surface area contributed by atoms with Crippen molar-refractivity contribution in [2.75, 3.05) is 6.61 Å². The van der Waals surface area contributed by atoms with Crippen molar-refractivity contribution in [2.24, 2.45) is 0 Å².